The van der Waals surface area contributed by atoms with Crippen LogP contribution in [0.4, 0.5) is 0 Å². The topological polar surface area (TPSA) is 55.1 Å². The van der Waals surface area contributed by atoms with Crippen LogP contribution in [0.25, 0.3) is 0 Å². The maximum atomic E-state index is 10.8. The van der Waals surface area contributed by atoms with Crippen molar-refractivity contribution in [3.05, 3.63) is 17.7 Å². The van der Waals surface area contributed by atoms with Crippen LogP contribution in [0.2, 0.25) is 0 Å². The standard InChI is InChI=1S/C11H18N2O2/c1-7(2)13-6-8(9(14)15)12-10(13)11(3,4)5/h6-7H,1-5H3,(H,14,15). The molecule has 0 saturated carbocycles. The van der Waals surface area contributed by atoms with Gasteiger partial charge in [-0.3, -0.25) is 0 Å². The van der Waals surface area contributed by atoms with E-state index in [1.165, 1.54) is 0 Å². The van der Waals surface area contributed by atoms with Gasteiger partial charge in [0.05, 0.1) is 0 Å². The number of nitrogens with zero attached hydrogens (tertiary/aromatic N) is 2. The van der Waals surface area contributed by atoms with Crippen molar-refractivity contribution in [1.82, 2.24) is 9.55 Å². The lowest BCUT2D eigenvalue weighted by Gasteiger charge is -2.21. The molecule has 0 radical (unpaired) electrons. The lowest BCUT2D eigenvalue weighted by atomic mass is 9.95. The van der Waals surface area contributed by atoms with Gasteiger partial charge in [0.25, 0.3) is 0 Å². The Bertz CT molecular complexity index is 372. The Morgan fingerprint density at radius 1 is 1.47 bits per heavy atom. The Labute approximate surface area is 89.9 Å². The smallest absolute Gasteiger partial charge is 0.356 e. The van der Waals surface area contributed by atoms with Gasteiger partial charge < -0.3 is 9.67 Å². The largest absolute Gasteiger partial charge is 0.476 e. The average Bonchev–Trinajstić information content (AvgIpc) is 2.45. The minimum absolute atomic E-state index is 0.119. The van der Waals surface area contributed by atoms with E-state index in [-0.39, 0.29) is 17.2 Å². The first-order valence-electron chi connectivity index (χ1n) is 5.06. The SMILES string of the molecule is CC(C)n1cc(C(=O)O)nc1C(C)(C)C. The third kappa shape index (κ3) is 2.37. The fourth-order valence-electron chi connectivity index (χ4n) is 1.45. The van der Waals surface area contributed by atoms with Crippen LogP contribution >= 0.6 is 0 Å². The minimum Gasteiger partial charge on any atom is -0.476 e. The van der Waals surface area contributed by atoms with Crippen molar-refractivity contribution in [2.75, 3.05) is 0 Å². The predicted molar refractivity (Wildman–Crippen MR) is 58.3 cm³/mol. The number of carboxylic acids is 1. The third-order valence-corrected chi connectivity index (χ3v) is 2.18. The Morgan fingerprint density at radius 3 is 2.27 bits per heavy atom. The number of carboxylic acid groups (broad SMARTS) is 1. The van der Waals surface area contributed by atoms with Crippen molar-refractivity contribution in [1.29, 1.82) is 0 Å². The number of carbonyl (C=O) groups is 1. The molecule has 1 rings (SSSR count). The summed E-state index contributed by atoms with van der Waals surface area (Å²) in [7, 11) is 0. The summed E-state index contributed by atoms with van der Waals surface area (Å²) in [6, 6.07) is 0.222. The van der Waals surface area contributed by atoms with Gasteiger partial charge in [0.15, 0.2) is 5.69 Å². The summed E-state index contributed by atoms with van der Waals surface area (Å²) < 4.78 is 1.92. The lowest BCUT2D eigenvalue weighted by molar-refractivity contribution is 0.0690. The van der Waals surface area contributed by atoms with Gasteiger partial charge in [0.1, 0.15) is 5.82 Å². The molecule has 0 saturated heterocycles. The number of aromatic carboxylic acids is 1. The third-order valence-electron chi connectivity index (χ3n) is 2.18. The second-order valence-corrected chi connectivity index (χ2v) is 5.01. The molecule has 0 spiro atoms. The number of hydrogen-bond donors (Lipinski definition) is 1. The molecular weight excluding hydrogens is 192 g/mol. The van der Waals surface area contributed by atoms with Crippen molar-refractivity contribution in [3.8, 4) is 0 Å². The van der Waals surface area contributed by atoms with Crippen molar-refractivity contribution >= 4 is 5.97 Å². The maximum absolute atomic E-state index is 10.8. The predicted octanol–water partition coefficient (Wildman–Crippen LogP) is 2.46. The number of rotatable bonds is 2. The highest BCUT2D eigenvalue weighted by molar-refractivity contribution is 5.85. The van der Waals surface area contributed by atoms with E-state index in [2.05, 4.69) is 4.98 Å². The van der Waals surface area contributed by atoms with E-state index < -0.39 is 5.97 Å². The molecule has 15 heavy (non-hydrogen) atoms. The number of imidazole rings is 1. The van der Waals surface area contributed by atoms with Gasteiger partial charge in [-0.1, -0.05) is 20.8 Å². The molecule has 0 atom stereocenters. The summed E-state index contributed by atoms with van der Waals surface area (Å²) in [6.07, 6.45) is 1.60. The molecule has 0 aliphatic heterocycles. The van der Waals surface area contributed by atoms with E-state index in [9.17, 15) is 4.79 Å². The summed E-state index contributed by atoms with van der Waals surface area (Å²) in [5, 5.41) is 8.89. The van der Waals surface area contributed by atoms with Gasteiger partial charge in [-0.2, -0.15) is 0 Å². The van der Waals surface area contributed by atoms with Gasteiger partial charge in [0, 0.05) is 17.7 Å². The molecule has 1 aromatic heterocycles. The van der Waals surface area contributed by atoms with Crippen molar-refractivity contribution in [2.45, 2.75) is 46.1 Å². The molecule has 0 fully saturated rings. The second kappa shape index (κ2) is 3.68. The van der Waals surface area contributed by atoms with E-state index in [1.807, 2.05) is 39.2 Å². The summed E-state index contributed by atoms with van der Waals surface area (Å²) in [5.41, 5.74) is -0.0218. The molecule has 0 unspecified atom stereocenters. The zero-order valence-electron chi connectivity index (χ0n) is 9.90. The molecule has 1 N–H and O–H groups in total. The zero-order chi connectivity index (χ0) is 11.8. The zero-order valence-corrected chi connectivity index (χ0v) is 9.90. The molecule has 4 nitrogen and oxygen atoms in total. The quantitative estimate of drug-likeness (QED) is 0.815. The first-order chi connectivity index (χ1) is 6.73. The van der Waals surface area contributed by atoms with Crippen molar-refractivity contribution in [3.63, 3.8) is 0 Å². The Balaban J connectivity index is 3.30. The van der Waals surface area contributed by atoms with Crippen LogP contribution < -0.4 is 0 Å². The number of aromatic nitrogens is 2. The molecule has 1 aromatic rings. The van der Waals surface area contributed by atoms with Crippen molar-refractivity contribution < 1.29 is 9.90 Å². The lowest BCUT2D eigenvalue weighted by Crippen LogP contribution is -2.19. The highest BCUT2D eigenvalue weighted by atomic mass is 16.4. The van der Waals surface area contributed by atoms with E-state index in [4.69, 9.17) is 5.11 Å². The van der Waals surface area contributed by atoms with Crippen molar-refractivity contribution in [2.24, 2.45) is 0 Å². The Morgan fingerprint density at radius 2 is 2.00 bits per heavy atom. The van der Waals surface area contributed by atoms with E-state index in [0.29, 0.717) is 0 Å². The van der Waals surface area contributed by atoms with Crippen LogP contribution in [0.5, 0.6) is 0 Å². The molecule has 0 aromatic carbocycles. The van der Waals surface area contributed by atoms with E-state index in [0.717, 1.165) is 5.82 Å². The minimum atomic E-state index is -0.972. The summed E-state index contributed by atoms with van der Waals surface area (Å²) in [4.78, 5) is 15.0. The summed E-state index contributed by atoms with van der Waals surface area (Å²) in [6.45, 7) is 10.1. The van der Waals surface area contributed by atoms with Crippen LogP contribution in [0.3, 0.4) is 0 Å². The van der Waals surface area contributed by atoms with E-state index in [1.54, 1.807) is 6.20 Å². The van der Waals surface area contributed by atoms with Gasteiger partial charge in [0.2, 0.25) is 0 Å². The maximum Gasteiger partial charge on any atom is 0.356 e. The highest BCUT2D eigenvalue weighted by Gasteiger charge is 2.24. The Hall–Kier alpha value is -1.32. The number of hydrogen-bond acceptors (Lipinski definition) is 2. The molecule has 0 amide bonds. The molecular formula is C11H18N2O2. The van der Waals surface area contributed by atoms with E-state index >= 15 is 0 Å². The van der Waals surface area contributed by atoms with Crippen LogP contribution in [0.15, 0.2) is 6.20 Å². The first-order valence-corrected chi connectivity index (χ1v) is 5.06. The van der Waals surface area contributed by atoms with Crippen LogP contribution in [0.1, 0.15) is 57.0 Å². The summed E-state index contributed by atoms with van der Waals surface area (Å²) in [5.74, 6) is -0.158. The molecule has 1 heterocycles. The van der Waals surface area contributed by atoms with Gasteiger partial charge in [-0.25, -0.2) is 9.78 Å². The van der Waals surface area contributed by atoms with Gasteiger partial charge in [-0.15, -0.1) is 0 Å². The average molecular weight is 210 g/mol. The first kappa shape index (κ1) is 11.8. The molecule has 0 bridgehead atoms. The molecule has 84 valence electrons. The van der Waals surface area contributed by atoms with Gasteiger partial charge >= 0.3 is 5.97 Å². The second-order valence-electron chi connectivity index (χ2n) is 5.01. The summed E-state index contributed by atoms with van der Waals surface area (Å²) >= 11 is 0. The fourth-order valence-corrected chi connectivity index (χ4v) is 1.45. The normalized spacial score (nSPS) is 12.1. The molecule has 4 heteroatoms. The molecule has 0 aliphatic rings. The Kier molecular flexibility index (Phi) is 2.88. The highest BCUT2D eigenvalue weighted by Crippen LogP contribution is 2.24. The van der Waals surface area contributed by atoms with Crippen LogP contribution in [-0.4, -0.2) is 20.6 Å². The monoisotopic (exact) mass is 210 g/mol. The van der Waals surface area contributed by atoms with Crippen LogP contribution in [0, 0.1) is 0 Å². The molecule has 0 aliphatic carbocycles. The van der Waals surface area contributed by atoms with Gasteiger partial charge in [-0.05, 0) is 13.8 Å². The fraction of sp³-hybridized carbons (Fsp3) is 0.636. The van der Waals surface area contributed by atoms with Crippen LogP contribution in [-0.2, 0) is 5.41 Å².